The second-order valence-corrected chi connectivity index (χ2v) is 7.08. The van der Waals surface area contributed by atoms with Crippen LogP contribution in [0.5, 0.6) is 17.4 Å². The maximum atomic E-state index is 6.11. The SMILES string of the molecule is CCCOc1ccccc1Oc1ncccc1CN=C(NCC)NCC1CCCO1.I. The van der Waals surface area contributed by atoms with Crippen LogP contribution in [0.1, 0.15) is 38.7 Å². The molecule has 0 spiro atoms. The fourth-order valence-electron chi connectivity index (χ4n) is 3.13. The molecule has 7 nitrogen and oxygen atoms in total. The molecule has 3 rings (SSSR count). The molecule has 1 saturated heterocycles. The zero-order valence-corrected chi connectivity index (χ0v) is 20.6. The second kappa shape index (κ2) is 14.1. The van der Waals surface area contributed by atoms with Gasteiger partial charge in [-0.15, -0.1) is 24.0 Å². The topological polar surface area (TPSA) is 77.0 Å². The van der Waals surface area contributed by atoms with E-state index in [1.54, 1.807) is 6.20 Å². The number of aromatic nitrogens is 1. The lowest BCUT2D eigenvalue weighted by molar-refractivity contribution is 0.114. The highest BCUT2D eigenvalue weighted by atomic mass is 127. The smallest absolute Gasteiger partial charge is 0.224 e. The molecule has 1 fully saturated rings. The number of nitrogens with zero attached hydrogens (tertiary/aromatic N) is 2. The summed E-state index contributed by atoms with van der Waals surface area (Å²) in [5.41, 5.74) is 0.900. The van der Waals surface area contributed by atoms with Crippen LogP contribution in [0, 0.1) is 0 Å². The van der Waals surface area contributed by atoms with Gasteiger partial charge < -0.3 is 24.8 Å². The standard InChI is InChI=1S/C23H32N4O3.HI/c1-3-14-29-20-11-5-6-12-21(20)30-22-18(9-7-13-25-22)16-26-23(24-4-2)27-17-19-10-8-15-28-19;/h5-7,9,11-13,19H,3-4,8,10,14-17H2,1-2H3,(H2,24,26,27);1H. The quantitative estimate of drug-likeness (QED) is 0.262. The van der Waals surface area contributed by atoms with Crippen molar-refractivity contribution < 1.29 is 14.2 Å². The van der Waals surface area contributed by atoms with E-state index in [2.05, 4.69) is 29.5 Å². The summed E-state index contributed by atoms with van der Waals surface area (Å²) in [6, 6.07) is 11.5. The van der Waals surface area contributed by atoms with Crippen molar-refractivity contribution in [2.45, 2.75) is 45.8 Å². The number of nitrogens with one attached hydrogen (secondary N) is 2. The van der Waals surface area contributed by atoms with E-state index in [4.69, 9.17) is 19.2 Å². The van der Waals surface area contributed by atoms with Gasteiger partial charge in [-0.05, 0) is 44.4 Å². The molecule has 1 aromatic heterocycles. The number of hydrogen-bond acceptors (Lipinski definition) is 5. The Balaban J connectivity index is 0.00000341. The van der Waals surface area contributed by atoms with Crippen molar-refractivity contribution in [2.24, 2.45) is 4.99 Å². The molecule has 1 atom stereocenters. The Hall–Kier alpha value is -2.07. The molecule has 0 bridgehead atoms. The van der Waals surface area contributed by atoms with E-state index in [1.807, 2.05) is 36.4 Å². The lowest BCUT2D eigenvalue weighted by Gasteiger charge is -2.15. The molecule has 1 aliphatic heterocycles. The lowest BCUT2D eigenvalue weighted by atomic mass is 10.2. The first-order valence-electron chi connectivity index (χ1n) is 10.8. The number of benzene rings is 1. The molecule has 170 valence electrons. The van der Waals surface area contributed by atoms with Crippen LogP contribution >= 0.6 is 24.0 Å². The minimum atomic E-state index is 0. The summed E-state index contributed by atoms with van der Waals surface area (Å²) in [7, 11) is 0. The van der Waals surface area contributed by atoms with Crippen LogP contribution in [0.25, 0.3) is 0 Å². The predicted octanol–water partition coefficient (Wildman–Crippen LogP) is 4.51. The van der Waals surface area contributed by atoms with Crippen LogP contribution in [0.2, 0.25) is 0 Å². The molecule has 0 amide bonds. The summed E-state index contributed by atoms with van der Waals surface area (Å²) < 4.78 is 17.6. The van der Waals surface area contributed by atoms with Gasteiger partial charge in [-0.3, -0.25) is 0 Å². The molecule has 0 aliphatic carbocycles. The molecule has 2 N–H and O–H groups in total. The third-order valence-electron chi connectivity index (χ3n) is 4.64. The summed E-state index contributed by atoms with van der Waals surface area (Å²) in [5.74, 6) is 2.66. The molecular formula is C23H33IN4O3. The summed E-state index contributed by atoms with van der Waals surface area (Å²) in [6.07, 6.45) is 5.13. The minimum Gasteiger partial charge on any atom is -0.490 e. The highest BCUT2D eigenvalue weighted by molar-refractivity contribution is 14.0. The Kier molecular flexibility index (Phi) is 11.4. The van der Waals surface area contributed by atoms with Gasteiger partial charge in [-0.25, -0.2) is 9.98 Å². The van der Waals surface area contributed by atoms with E-state index in [0.29, 0.717) is 30.5 Å². The fraction of sp³-hybridized carbons (Fsp3) is 0.478. The molecule has 1 aromatic carbocycles. The molecular weight excluding hydrogens is 507 g/mol. The van der Waals surface area contributed by atoms with Crippen molar-refractivity contribution in [1.82, 2.24) is 15.6 Å². The van der Waals surface area contributed by atoms with Crippen LogP contribution in [0.3, 0.4) is 0 Å². The number of para-hydroxylation sites is 2. The number of pyridine rings is 1. The minimum absolute atomic E-state index is 0. The second-order valence-electron chi connectivity index (χ2n) is 7.08. The van der Waals surface area contributed by atoms with E-state index in [-0.39, 0.29) is 30.1 Å². The number of aliphatic imine (C=N–C) groups is 1. The first-order valence-corrected chi connectivity index (χ1v) is 10.8. The average molecular weight is 540 g/mol. The zero-order chi connectivity index (χ0) is 21.0. The molecule has 8 heteroatoms. The third kappa shape index (κ3) is 8.17. The van der Waals surface area contributed by atoms with E-state index in [0.717, 1.165) is 50.5 Å². The molecule has 2 aromatic rings. The maximum Gasteiger partial charge on any atom is 0.224 e. The highest BCUT2D eigenvalue weighted by Gasteiger charge is 2.16. The molecule has 0 radical (unpaired) electrons. The summed E-state index contributed by atoms with van der Waals surface area (Å²) in [5, 5.41) is 6.65. The molecule has 31 heavy (non-hydrogen) atoms. The van der Waals surface area contributed by atoms with Gasteiger partial charge in [0.15, 0.2) is 17.5 Å². The maximum absolute atomic E-state index is 6.11. The van der Waals surface area contributed by atoms with Gasteiger partial charge >= 0.3 is 0 Å². The molecule has 0 saturated carbocycles. The molecule has 2 heterocycles. The normalized spacial score (nSPS) is 15.8. The number of guanidine groups is 1. The van der Waals surface area contributed by atoms with Crippen LogP contribution in [-0.4, -0.2) is 43.4 Å². The van der Waals surface area contributed by atoms with Crippen molar-refractivity contribution in [3.8, 4) is 17.4 Å². The number of hydrogen-bond donors (Lipinski definition) is 2. The Labute approximate surface area is 202 Å². The third-order valence-corrected chi connectivity index (χ3v) is 4.64. The van der Waals surface area contributed by atoms with Crippen LogP contribution in [-0.2, 0) is 11.3 Å². The molecule has 1 aliphatic rings. The summed E-state index contributed by atoms with van der Waals surface area (Å²) in [4.78, 5) is 9.13. The Morgan fingerprint density at radius 3 is 2.74 bits per heavy atom. The van der Waals surface area contributed by atoms with Gasteiger partial charge in [0, 0.05) is 31.5 Å². The summed E-state index contributed by atoms with van der Waals surface area (Å²) in [6.45, 7) is 7.60. The van der Waals surface area contributed by atoms with Gasteiger partial charge in [-0.2, -0.15) is 0 Å². The zero-order valence-electron chi connectivity index (χ0n) is 18.3. The largest absolute Gasteiger partial charge is 0.490 e. The van der Waals surface area contributed by atoms with Crippen molar-refractivity contribution in [3.63, 3.8) is 0 Å². The van der Waals surface area contributed by atoms with Crippen LogP contribution < -0.4 is 20.1 Å². The monoisotopic (exact) mass is 540 g/mol. The number of rotatable bonds is 10. The van der Waals surface area contributed by atoms with E-state index in [1.165, 1.54) is 0 Å². The van der Waals surface area contributed by atoms with Gasteiger partial charge in [0.05, 0.1) is 19.3 Å². The van der Waals surface area contributed by atoms with E-state index < -0.39 is 0 Å². The Morgan fingerprint density at radius 1 is 1.16 bits per heavy atom. The Bertz CT molecular complexity index is 813. The Morgan fingerprint density at radius 2 is 2.00 bits per heavy atom. The number of ether oxygens (including phenoxy) is 3. The van der Waals surface area contributed by atoms with Crippen molar-refractivity contribution in [3.05, 3.63) is 48.2 Å². The lowest BCUT2D eigenvalue weighted by Crippen LogP contribution is -2.41. The van der Waals surface area contributed by atoms with E-state index >= 15 is 0 Å². The van der Waals surface area contributed by atoms with Crippen molar-refractivity contribution in [2.75, 3.05) is 26.3 Å². The first-order chi connectivity index (χ1) is 14.8. The highest BCUT2D eigenvalue weighted by Crippen LogP contribution is 2.32. The van der Waals surface area contributed by atoms with Gasteiger partial charge in [0.1, 0.15) is 0 Å². The molecule has 1 unspecified atom stereocenters. The van der Waals surface area contributed by atoms with Gasteiger partial charge in [0.25, 0.3) is 0 Å². The summed E-state index contributed by atoms with van der Waals surface area (Å²) >= 11 is 0. The van der Waals surface area contributed by atoms with Gasteiger partial charge in [-0.1, -0.05) is 25.1 Å². The van der Waals surface area contributed by atoms with Crippen LogP contribution in [0.4, 0.5) is 0 Å². The van der Waals surface area contributed by atoms with Gasteiger partial charge in [0.2, 0.25) is 5.88 Å². The first kappa shape index (κ1) is 25.2. The van der Waals surface area contributed by atoms with Crippen LogP contribution in [0.15, 0.2) is 47.6 Å². The average Bonchev–Trinajstić information content (AvgIpc) is 3.30. The predicted molar refractivity (Wildman–Crippen MR) is 134 cm³/mol. The fourth-order valence-corrected chi connectivity index (χ4v) is 3.13. The van der Waals surface area contributed by atoms with E-state index in [9.17, 15) is 0 Å². The number of halogens is 1. The van der Waals surface area contributed by atoms with Crippen molar-refractivity contribution in [1.29, 1.82) is 0 Å². The van der Waals surface area contributed by atoms with Crippen molar-refractivity contribution >= 4 is 29.9 Å².